The van der Waals surface area contributed by atoms with Gasteiger partial charge in [-0.1, -0.05) is 25.7 Å². The van der Waals surface area contributed by atoms with Crippen LogP contribution >= 0.6 is 0 Å². The number of fused-ring (bicyclic) bond motifs is 1. The quantitative estimate of drug-likeness (QED) is 0.936. The average Bonchev–Trinajstić information content (AvgIpc) is 3.24. The molecule has 2 aromatic heterocycles. The first-order valence-corrected chi connectivity index (χ1v) is 8.22. The lowest BCUT2D eigenvalue weighted by Gasteiger charge is -2.30. The van der Waals surface area contributed by atoms with Crippen molar-refractivity contribution in [3.05, 3.63) is 12.1 Å². The lowest BCUT2D eigenvalue weighted by molar-refractivity contribution is 0.337. The summed E-state index contributed by atoms with van der Waals surface area (Å²) in [6.45, 7) is 0. The monoisotopic (exact) mass is 286 g/mol. The summed E-state index contributed by atoms with van der Waals surface area (Å²) in [6.07, 6.45) is 11.0. The van der Waals surface area contributed by atoms with Crippen LogP contribution in [0.3, 0.4) is 0 Å². The van der Waals surface area contributed by atoms with E-state index in [2.05, 4.69) is 25.9 Å². The topological polar surface area (TPSA) is 68.0 Å². The van der Waals surface area contributed by atoms with Gasteiger partial charge in [-0.25, -0.2) is 0 Å². The molecule has 2 heterocycles. The van der Waals surface area contributed by atoms with Crippen molar-refractivity contribution in [1.29, 1.82) is 0 Å². The highest BCUT2D eigenvalue weighted by Gasteiger charge is 2.33. The van der Waals surface area contributed by atoms with E-state index in [1.165, 1.54) is 56.0 Å². The van der Waals surface area contributed by atoms with Crippen LogP contribution in [0, 0.1) is 11.8 Å². The van der Waals surface area contributed by atoms with Gasteiger partial charge in [0.1, 0.15) is 5.82 Å². The molecule has 2 saturated carbocycles. The molecule has 6 nitrogen and oxygen atoms in total. The Labute approximate surface area is 124 Å². The second-order valence-corrected chi connectivity index (χ2v) is 6.50. The molecule has 0 spiro atoms. The molecule has 0 aromatic carbocycles. The van der Waals surface area contributed by atoms with Crippen LogP contribution < -0.4 is 5.32 Å². The Morgan fingerprint density at radius 1 is 1.00 bits per heavy atom. The number of hydrogen-bond donors (Lipinski definition) is 1. The van der Waals surface area contributed by atoms with Crippen LogP contribution in [0.1, 0.15) is 51.4 Å². The van der Waals surface area contributed by atoms with Crippen molar-refractivity contribution in [3.8, 4) is 0 Å². The molecule has 2 aliphatic carbocycles. The van der Waals surface area contributed by atoms with E-state index >= 15 is 0 Å². The summed E-state index contributed by atoms with van der Waals surface area (Å²) in [5.74, 6) is 2.51. The normalized spacial score (nSPS) is 20.8. The van der Waals surface area contributed by atoms with E-state index in [-0.39, 0.29) is 0 Å². The maximum absolute atomic E-state index is 4.49. The van der Waals surface area contributed by atoms with Crippen LogP contribution in [0.25, 0.3) is 5.65 Å². The van der Waals surface area contributed by atoms with E-state index in [1.54, 1.807) is 0 Å². The van der Waals surface area contributed by atoms with E-state index in [0.29, 0.717) is 11.7 Å². The van der Waals surface area contributed by atoms with Crippen molar-refractivity contribution in [2.45, 2.75) is 57.4 Å². The van der Waals surface area contributed by atoms with Crippen molar-refractivity contribution in [1.82, 2.24) is 25.3 Å². The first-order valence-electron chi connectivity index (χ1n) is 8.22. The first-order chi connectivity index (χ1) is 10.4. The maximum Gasteiger partial charge on any atom is 0.200 e. The number of hydrogen-bond acceptors (Lipinski definition) is 5. The SMILES string of the molecule is c1cc2nnnn2nc1NC(C1CCCC1)C1CCCC1. The van der Waals surface area contributed by atoms with Crippen LogP contribution in [0.4, 0.5) is 5.82 Å². The largest absolute Gasteiger partial charge is 0.365 e. The highest BCUT2D eigenvalue weighted by Crippen LogP contribution is 2.38. The van der Waals surface area contributed by atoms with Crippen molar-refractivity contribution >= 4 is 11.5 Å². The minimum atomic E-state index is 0.566. The predicted molar refractivity (Wildman–Crippen MR) is 79.9 cm³/mol. The van der Waals surface area contributed by atoms with Gasteiger partial charge in [-0.2, -0.15) is 0 Å². The average molecular weight is 286 g/mol. The van der Waals surface area contributed by atoms with E-state index in [9.17, 15) is 0 Å². The second-order valence-electron chi connectivity index (χ2n) is 6.50. The zero-order valence-corrected chi connectivity index (χ0v) is 12.3. The van der Waals surface area contributed by atoms with Crippen molar-refractivity contribution in [2.24, 2.45) is 11.8 Å². The predicted octanol–water partition coefficient (Wildman–Crippen LogP) is 2.68. The highest BCUT2D eigenvalue weighted by molar-refractivity contribution is 5.43. The molecular formula is C15H22N6. The second kappa shape index (κ2) is 5.58. The molecule has 112 valence electrons. The number of anilines is 1. The van der Waals surface area contributed by atoms with Gasteiger partial charge < -0.3 is 5.32 Å². The van der Waals surface area contributed by atoms with E-state index in [1.807, 2.05) is 12.1 Å². The fourth-order valence-corrected chi connectivity index (χ4v) is 4.15. The zero-order valence-electron chi connectivity index (χ0n) is 12.3. The van der Waals surface area contributed by atoms with Crippen molar-refractivity contribution in [3.63, 3.8) is 0 Å². The molecule has 2 aliphatic rings. The molecule has 6 heteroatoms. The van der Waals surface area contributed by atoms with Gasteiger partial charge in [-0.3, -0.25) is 0 Å². The minimum Gasteiger partial charge on any atom is -0.365 e. The molecule has 21 heavy (non-hydrogen) atoms. The first kappa shape index (κ1) is 13.0. The Bertz CT molecular complexity index is 581. The van der Waals surface area contributed by atoms with Gasteiger partial charge in [0, 0.05) is 6.04 Å². The standard InChI is InChI=1S/C15H22N6/c1-2-6-11(5-1)15(12-7-3-4-8-12)16-13-9-10-14-17-19-20-21(14)18-13/h9-12,15H,1-8H2,(H,16,18). The summed E-state index contributed by atoms with van der Waals surface area (Å²) in [6, 6.07) is 4.49. The zero-order chi connectivity index (χ0) is 14.1. The molecule has 1 N–H and O–H groups in total. The molecule has 0 amide bonds. The van der Waals surface area contributed by atoms with Gasteiger partial charge in [0.05, 0.1) is 0 Å². The number of nitrogens with zero attached hydrogens (tertiary/aromatic N) is 5. The molecule has 4 rings (SSSR count). The number of nitrogens with one attached hydrogen (secondary N) is 1. The smallest absolute Gasteiger partial charge is 0.200 e. The van der Waals surface area contributed by atoms with Gasteiger partial charge in [0.25, 0.3) is 0 Å². The Kier molecular flexibility index (Phi) is 3.45. The molecule has 0 bridgehead atoms. The summed E-state index contributed by atoms with van der Waals surface area (Å²) in [5.41, 5.74) is 0.693. The van der Waals surface area contributed by atoms with Crippen LogP contribution in [0.2, 0.25) is 0 Å². The molecule has 0 aliphatic heterocycles. The number of aromatic nitrogens is 5. The minimum absolute atomic E-state index is 0.566. The van der Waals surface area contributed by atoms with Gasteiger partial charge in [0.15, 0.2) is 5.65 Å². The fraction of sp³-hybridized carbons (Fsp3) is 0.733. The Balaban J connectivity index is 1.57. The molecule has 0 radical (unpaired) electrons. The van der Waals surface area contributed by atoms with E-state index in [4.69, 9.17) is 0 Å². The lowest BCUT2D eigenvalue weighted by Crippen LogP contribution is -2.34. The third kappa shape index (κ3) is 2.59. The number of tetrazole rings is 1. The molecule has 2 aromatic rings. The Morgan fingerprint density at radius 3 is 2.33 bits per heavy atom. The summed E-state index contributed by atoms with van der Waals surface area (Å²) >= 11 is 0. The third-order valence-corrected chi connectivity index (χ3v) is 5.20. The number of rotatable bonds is 4. The van der Waals surface area contributed by atoms with E-state index < -0.39 is 0 Å². The van der Waals surface area contributed by atoms with Crippen molar-refractivity contribution < 1.29 is 0 Å². The molecule has 0 saturated heterocycles. The summed E-state index contributed by atoms with van der Waals surface area (Å²) < 4.78 is 1.50. The van der Waals surface area contributed by atoms with Crippen LogP contribution in [0.15, 0.2) is 12.1 Å². The summed E-state index contributed by atoms with van der Waals surface area (Å²) in [4.78, 5) is 0. The Hall–Kier alpha value is -1.72. The maximum atomic E-state index is 4.49. The third-order valence-electron chi connectivity index (χ3n) is 5.20. The fourth-order valence-electron chi connectivity index (χ4n) is 4.15. The highest BCUT2D eigenvalue weighted by atomic mass is 15.6. The summed E-state index contributed by atoms with van der Waals surface area (Å²) in [7, 11) is 0. The molecule has 0 atom stereocenters. The molecule has 2 fully saturated rings. The van der Waals surface area contributed by atoms with Gasteiger partial charge in [0.2, 0.25) is 0 Å². The van der Waals surface area contributed by atoms with Crippen LogP contribution in [0.5, 0.6) is 0 Å². The summed E-state index contributed by atoms with van der Waals surface area (Å²) in [5, 5.41) is 19.6. The Morgan fingerprint density at radius 2 is 1.67 bits per heavy atom. The van der Waals surface area contributed by atoms with Crippen LogP contribution in [-0.2, 0) is 0 Å². The lowest BCUT2D eigenvalue weighted by atomic mass is 9.86. The van der Waals surface area contributed by atoms with Gasteiger partial charge >= 0.3 is 0 Å². The molecular weight excluding hydrogens is 264 g/mol. The van der Waals surface area contributed by atoms with Gasteiger partial charge in [-0.05, 0) is 60.1 Å². The van der Waals surface area contributed by atoms with Crippen molar-refractivity contribution in [2.75, 3.05) is 5.32 Å². The van der Waals surface area contributed by atoms with E-state index in [0.717, 1.165) is 17.7 Å². The molecule has 0 unspecified atom stereocenters. The van der Waals surface area contributed by atoms with Crippen LogP contribution in [-0.4, -0.2) is 31.3 Å². The van der Waals surface area contributed by atoms with Gasteiger partial charge in [-0.15, -0.1) is 14.8 Å².